The molecule has 5 aliphatic rings. The van der Waals surface area contributed by atoms with Crippen LogP contribution in [0.3, 0.4) is 0 Å². The van der Waals surface area contributed by atoms with Gasteiger partial charge in [-0.25, -0.2) is 0 Å². The smallest absolute Gasteiger partial charge is 0.309 e. The zero-order valence-corrected chi connectivity index (χ0v) is 17.0. The van der Waals surface area contributed by atoms with Crippen molar-refractivity contribution in [2.24, 2.45) is 23.7 Å². The van der Waals surface area contributed by atoms with E-state index in [-0.39, 0.29) is 53.9 Å². The lowest BCUT2D eigenvalue weighted by atomic mass is 9.64. The number of hydrogen-bond acceptors (Lipinski definition) is 6. The Labute approximate surface area is 166 Å². The average Bonchev–Trinajstić information content (AvgIpc) is 3.23. The molecule has 28 heavy (non-hydrogen) atoms. The van der Waals surface area contributed by atoms with Gasteiger partial charge in [-0.1, -0.05) is 20.8 Å². The van der Waals surface area contributed by atoms with E-state index in [2.05, 4.69) is 11.8 Å². The van der Waals surface area contributed by atoms with Gasteiger partial charge in [0.15, 0.2) is 0 Å². The number of hydrogen-bond donors (Lipinski definition) is 1. The fourth-order valence-electron chi connectivity index (χ4n) is 6.78. The number of ether oxygens (including phenoxy) is 2. The number of carbonyl (C=O) groups is 2. The molecule has 8 unspecified atom stereocenters. The molecule has 6 heteroatoms. The first-order valence-electron chi connectivity index (χ1n) is 11.0. The summed E-state index contributed by atoms with van der Waals surface area (Å²) >= 11 is 0. The normalized spacial score (nSPS) is 47.6. The molecule has 4 heterocycles. The van der Waals surface area contributed by atoms with Crippen LogP contribution in [-0.2, 0) is 19.1 Å². The van der Waals surface area contributed by atoms with Crippen LogP contribution in [0.4, 0.5) is 0 Å². The van der Waals surface area contributed by atoms with E-state index in [1.54, 1.807) is 0 Å². The summed E-state index contributed by atoms with van der Waals surface area (Å²) in [6.45, 7) is 6.86. The van der Waals surface area contributed by atoms with E-state index in [0.29, 0.717) is 6.42 Å². The first kappa shape index (κ1) is 18.5. The van der Waals surface area contributed by atoms with Gasteiger partial charge in [-0.2, -0.15) is 0 Å². The molecule has 154 valence electrons. The zero-order valence-electron chi connectivity index (χ0n) is 17.0. The number of esters is 2. The van der Waals surface area contributed by atoms with Crippen molar-refractivity contribution in [1.29, 1.82) is 0 Å². The van der Waals surface area contributed by atoms with Crippen molar-refractivity contribution in [2.75, 3.05) is 6.54 Å². The fraction of sp³-hybridized carbons (Fsp3) is 0.818. The van der Waals surface area contributed by atoms with Gasteiger partial charge in [0, 0.05) is 24.1 Å². The number of nitrogens with zero attached hydrogens (tertiary/aromatic N) is 1. The van der Waals surface area contributed by atoms with Crippen LogP contribution in [-0.4, -0.2) is 52.3 Å². The molecule has 0 spiro atoms. The van der Waals surface area contributed by atoms with E-state index in [1.165, 1.54) is 5.57 Å². The highest BCUT2D eigenvalue weighted by Crippen LogP contribution is 2.58. The van der Waals surface area contributed by atoms with E-state index >= 15 is 0 Å². The third-order valence-corrected chi connectivity index (χ3v) is 8.09. The third-order valence-electron chi connectivity index (χ3n) is 8.09. The van der Waals surface area contributed by atoms with E-state index in [1.807, 2.05) is 13.8 Å². The van der Waals surface area contributed by atoms with Gasteiger partial charge in [-0.05, 0) is 44.1 Å². The lowest BCUT2D eigenvalue weighted by Gasteiger charge is -2.47. The summed E-state index contributed by atoms with van der Waals surface area (Å²) in [6.07, 6.45) is 4.59. The molecule has 6 nitrogen and oxygen atoms in total. The second kappa shape index (κ2) is 6.22. The Kier molecular flexibility index (Phi) is 4.10. The van der Waals surface area contributed by atoms with Crippen molar-refractivity contribution in [3.63, 3.8) is 0 Å². The van der Waals surface area contributed by atoms with Gasteiger partial charge in [0.2, 0.25) is 0 Å². The van der Waals surface area contributed by atoms with E-state index in [9.17, 15) is 14.7 Å². The molecule has 0 bridgehead atoms. The Morgan fingerprint density at radius 2 is 1.96 bits per heavy atom. The monoisotopic (exact) mass is 389 g/mol. The minimum absolute atomic E-state index is 0.0350. The molecule has 8 atom stereocenters. The molecule has 0 saturated carbocycles. The summed E-state index contributed by atoms with van der Waals surface area (Å²) in [5.74, 6) is -0.545. The number of fused-ring (bicyclic) bond motifs is 2. The minimum atomic E-state index is -0.949. The van der Waals surface area contributed by atoms with E-state index in [4.69, 9.17) is 9.47 Å². The zero-order chi connectivity index (χ0) is 19.8. The summed E-state index contributed by atoms with van der Waals surface area (Å²) in [5, 5.41) is 12.0. The van der Waals surface area contributed by atoms with Gasteiger partial charge in [-0.15, -0.1) is 0 Å². The molecule has 0 amide bonds. The first-order valence-corrected chi connectivity index (χ1v) is 11.0. The predicted octanol–water partition coefficient (Wildman–Crippen LogP) is 2.40. The maximum Gasteiger partial charge on any atom is 0.309 e. The van der Waals surface area contributed by atoms with Gasteiger partial charge in [-0.3, -0.25) is 9.59 Å². The van der Waals surface area contributed by atoms with Crippen molar-refractivity contribution in [2.45, 2.75) is 83.1 Å². The average molecular weight is 389 g/mol. The van der Waals surface area contributed by atoms with Crippen LogP contribution in [0.2, 0.25) is 0 Å². The van der Waals surface area contributed by atoms with Crippen LogP contribution in [0.25, 0.3) is 0 Å². The number of cyclic esters (lactones) is 1. The largest absolute Gasteiger partial charge is 0.461 e. The molecular formula is C22H31NO5. The summed E-state index contributed by atoms with van der Waals surface area (Å²) < 4.78 is 11.6. The predicted molar refractivity (Wildman–Crippen MR) is 101 cm³/mol. The maximum atomic E-state index is 12.5. The molecule has 4 aliphatic heterocycles. The second-order valence-corrected chi connectivity index (χ2v) is 9.56. The fourth-order valence-corrected chi connectivity index (χ4v) is 6.78. The van der Waals surface area contributed by atoms with Crippen LogP contribution in [0.1, 0.15) is 59.3 Å². The molecule has 1 aliphatic carbocycles. The number of aliphatic hydroxyl groups is 1. The number of rotatable bonds is 2. The Morgan fingerprint density at radius 3 is 2.64 bits per heavy atom. The van der Waals surface area contributed by atoms with Crippen molar-refractivity contribution >= 4 is 11.9 Å². The first-order chi connectivity index (χ1) is 13.4. The molecule has 0 aromatic carbocycles. The van der Waals surface area contributed by atoms with Crippen LogP contribution in [0, 0.1) is 23.7 Å². The molecule has 5 rings (SSSR count). The number of carbonyl (C=O) groups excluding carboxylic acids is 2. The SMILES string of the molecule is CCC1C2OC(=O)C(C)C2C2=C3N(CCCCC31O)C(C1CC(C)C(=O)O1)C2. The minimum Gasteiger partial charge on any atom is -0.461 e. The van der Waals surface area contributed by atoms with Crippen LogP contribution in [0.5, 0.6) is 0 Å². The van der Waals surface area contributed by atoms with Crippen LogP contribution >= 0.6 is 0 Å². The van der Waals surface area contributed by atoms with Crippen molar-refractivity contribution in [1.82, 2.24) is 4.90 Å². The maximum absolute atomic E-state index is 12.5. The van der Waals surface area contributed by atoms with Crippen LogP contribution in [0.15, 0.2) is 11.3 Å². The lowest BCUT2D eigenvalue weighted by Crippen LogP contribution is -2.54. The summed E-state index contributed by atoms with van der Waals surface area (Å²) in [7, 11) is 0. The van der Waals surface area contributed by atoms with Gasteiger partial charge >= 0.3 is 11.9 Å². The topological polar surface area (TPSA) is 76.1 Å². The second-order valence-electron chi connectivity index (χ2n) is 9.56. The molecule has 3 saturated heterocycles. The molecule has 1 N–H and O–H groups in total. The molecular weight excluding hydrogens is 358 g/mol. The van der Waals surface area contributed by atoms with Crippen molar-refractivity contribution in [3.8, 4) is 0 Å². The highest BCUT2D eigenvalue weighted by molar-refractivity contribution is 5.76. The third kappa shape index (κ3) is 2.30. The van der Waals surface area contributed by atoms with Gasteiger partial charge in [0.25, 0.3) is 0 Å². The Morgan fingerprint density at radius 1 is 1.18 bits per heavy atom. The standard InChI is InChI=1S/C22H31NO5/c1-4-14-18-17(12(3)21(25)28-18)13-10-15(16-9-11(2)20(24)27-16)23-8-6-5-7-22(14,26)19(13)23/h11-12,14-18,26H,4-10H2,1-3H3. The molecule has 0 radical (unpaired) electrons. The van der Waals surface area contributed by atoms with E-state index in [0.717, 1.165) is 44.3 Å². The molecule has 3 fully saturated rings. The van der Waals surface area contributed by atoms with Crippen molar-refractivity contribution < 1.29 is 24.2 Å². The highest BCUT2D eigenvalue weighted by atomic mass is 16.6. The Bertz CT molecular complexity index is 747. The Balaban J connectivity index is 1.60. The quantitative estimate of drug-likeness (QED) is 0.731. The Hall–Kier alpha value is -1.56. The van der Waals surface area contributed by atoms with Crippen molar-refractivity contribution in [3.05, 3.63) is 11.3 Å². The molecule has 0 aromatic rings. The van der Waals surface area contributed by atoms with Gasteiger partial charge < -0.3 is 19.5 Å². The summed E-state index contributed by atoms with van der Waals surface area (Å²) in [6, 6.07) is 0.0719. The van der Waals surface area contributed by atoms with Gasteiger partial charge in [0.05, 0.1) is 17.9 Å². The highest BCUT2D eigenvalue weighted by Gasteiger charge is 2.63. The summed E-state index contributed by atoms with van der Waals surface area (Å²) in [5.41, 5.74) is 1.29. The molecule has 0 aromatic heterocycles. The summed E-state index contributed by atoms with van der Waals surface area (Å²) in [4.78, 5) is 26.9. The van der Waals surface area contributed by atoms with E-state index < -0.39 is 5.60 Å². The van der Waals surface area contributed by atoms with Crippen LogP contribution < -0.4 is 0 Å². The lowest BCUT2D eigenvalue weighted by molar-refractivity contribution is -0.151. The van der Waals surface area contributed by atoms with Gasteiger partial charge in [0.1, 0.15) is 17.8 Å².